The third kappa shape index (κ3) is 3.41. The third-order valence-electron chi connectivity index (χ3n) is 5.89. The lowest BCUT2D eigenvalue weighted by atomic mass is 10.0. The highest BCUT2D eigenvalue weighted by Gasteiger charge is 2.33. The molecule has 4 heterocycles. The molecule has 7 heteroatoms. The molecule has 0 aliphatic carbocycles. The number of aromatic nitrogens is 4. The summed E-state index contributed by atoms with van der Waals surface area (Å²) in [6.45, 7) is 5.71. The number of para-hydroxylation sites is 1. The summed E-state index contributed by atoms with van der Waals surface area (Å²) in [7, 11) is 0. The van der Waals surface area contributed by atoms with Gasteiger partial charge in [-0.05, 0) is 49.6 Å². The number of benzene rings is 1. The van der Waals surface area contributed by atoms with Crippen LogP contribution < -0.4 is 10.6 Å². The lowest BCUT2D eigenvalue weighted by molar-refractivity contribution is 0.525. The molecular weight excluding hydrogens is 386 g/mol. The Bertz CT molecular complexity index is 1330. The molecule has 1 aliphatic heterocycles. The molecule has 0 bridgehead atoms. The SMILES string of the molecule is Cc1cccc2[nH]c(-c3cncc(-c4ccnc(C#N)c4)c3N3CC[C@](C)(N)C3)nc12. The normalized spacial score (nSPS) is 18.5. The molecule has 31 heavy (non-hydrogen) atoms. The van der Waals surface area contributed by atoms with E-state index in [1.54, 1.807) is 12.3 Å². The zero-order chi connectivity index (χ0) is 21.6. The summed E-state index contributed by atoms with van der Waals surface area (Å²) in [5.74, 6) is 0.772. The molecule has 7 nitrogen and oxygen atoms in total. The first-order chi connectivity index (χ1) is 14.9. The predicted molar refractivity (Wildman–Crippen MR) is 121 cm³/mol. The monoisotopic (exact) mass is 409 g/mol. The van der Waals surface area contributed by atoms with Crippen molar-refractivity contribution in [1.29, 1.82) is 5.26 Å². The Balaban J connectivity index is 1.74. The van der Waals surface area contributed by atoms with Crippen LogP contribution >= 0.6 is 0 Å². The number of pyridine rings is 2. The topological polar surface area (TPSA) is 108 Å². The number of nitriles is 1. The van der Waals surface area contributed by atoms with Gasteiger partial charge in [-0.3, -0.25) is 4.98 Å². The second-order valence-electron chi connectivity index (χ2n) is 8.51. The van der Waals surface area contributed by atoms with E-state index in [0.29, 0.717) is 5.69 Å². The number of anilines is 1. The van der Waals surface area contributed by atoms with E-state index >= 15 is 0 Å². The van der Waals surface area contributed by atoms with Crippen LogP contribution in [0, 0.1) is 18.3 Å². The predicted octanol–water partition coefficient (Wildman–Crippen LogP) is 3.79. The fourth-order valence-corrected chi connectivity index (χ4v) is 4.32. The number of rotatable bonds is 3. The van der Waals surface area contributed by atoms with Crippen molar-refractivity contribution in [2.75, 3.05) is 18.0 Å². The van der Waals surface area contributed by atoms with Crippen molar-refractivity contribution >= 4 is 16.7 Å². The average Bonchev–Trinajstić information content (AvgIpc) is 3.37. The quantitative estimate of drug-likeness (QED) is 0.533. The van der Waals surface area contributed by atoms with Gasteiger partial charge in [0.2, 0.25) is 0 Å². The van der Waals surface area contributed by atoms with E-state index in [2.05, 4.69) is 45.8 Å². The van der Waals surface area contributed by atoms with Gasteiger partial charge >= 0.3 is 0 Å². The molecule has 1 saturated heterocycles. The second-order valence-corrected chi connectivity index (χ2v) is 8.51. The number of hydrogen-bond donors (Lipinski definition) is 2. The van der Waals surface area contributed by atoms with E-state index in [4.69, 9.17) is 10.7 Å². The van der Waals surface area contributed by atoms with Gasteiger partial charge in [0, 0.05) is 42.8 Å². The smallest absolute Gasteiger partial charge is 0.142 e. The van der Waals surface area contributed by atoms with E-state index in [1.165, 1.54) is 0 Å². The molecule has 1 aromatic carbocycles. The minimum atomic E-state index is -0.266. The number of hydrogen-bond acceptors (Lipinski definition) is 6. The van der Waals surface area contributed by atoms with Crippen molar-refractivity contribution in [1.82, 2.24) is 19.9 Å². The van der Waals surface area contributed by atoms with Crippen LogP contribution in [-0.4, -0.2) is 38.6 Å². The minimum Gasteiger partial charge on any atom is -0.368 e. The molecule has 1 atom stereocenters. The number of H-pyrrole nitrogens is 1. The van der Waals surface area contributed by atoms with E-state index in [-0.39, 0.29) is 5.54 Å². The maximum atomic E-state index is 9.33. The molecule has 0 radical (unpaired) electrons. The van der Waals surface area contributed by atoms with Gasteiger partial charge in [-0.2, -0.15) is 5.26 Å². The minimum absolute atomic E-state index is 0.266. The molecule has 3 N–H and O–H groups in total. The number of fused-ring (bicyclic) bond motifs is 1. The van der Waals surface area contributed by atoms with Crippen LogP contribution in [0.15, 0.2) is 48.9 Å². The van der Waals surface area contributed by atoms with E-state index in [0.717, 1.165) is 64.3 Å². The van der Waals surface area contributed by atoms with Crippen LogP contribution in [0.1, 0.15) is 24.6 Å². The first kappa shape index (κ1) is 19.2. The molecule has 4 aromatic rings. The van der Waals surface area contributed by atoms with Crippen molar-refractivity contribution in [3.05, 3.63) is 60.2 Å². The number of aryl methyl sites for hydroxylation is 1. The number of nitrogens with two attached hydrogens (primary N) is 1. The van der Waals surface area contributed by atoms with E-state index < -0.39 is 0 Å². The molecule has 0 spiro atoms. The van der Waals surface area contributed by atoms with Crippen molar-refractivity contribution < 1.29 is 0 Å². The second kappa shape index (κ2) is 7.18. The highest BCUT2D eigenvalue weighted by atomic mass is 15.2. The first-order valence-corrected chi connectivity index (χ1v) is 10.3. The van der Waals surface area contributed by atoms with Crippen LogP contribution in [0.4, 0.5) is 5.69 Å². The van der Waals surface area contributed by atoms with Crippen molar-refractivity contribution in [3.63, 3.8) is 0 Å². The highest BCUT2D eigenvalue weighted by Crippen LogP contribution is 2.41. The van der Waals surface area contributed by atoms with Gasteiger partial charge in [0.1, 0.15) is 17.6 Å². The summed E-state index contributed by atoms with van der Waals surface area (Å²) in [5.41, 5.74) is 13.4. The van der Waals surface area contributed by atoms with Gasteiger partial charge in [0.05, 0.1) is 22.3 Å². The molecule has 1 fully saturated rings. The van der Waals surface area contributed by atoms with Gasteiger partial charge in [-0.1, -0.05) is 12.1 Å². The zero-order valence-electron chi connectivity index (χ0n) is 17.6. The zero-order valence-corrected chi connectivity index (χ0v) is 17.6. The van der Waals surface area contributed by atoms with Crippen molar-refractivity contribution in [3.8, 4) is 28.6 Å². The highest BCUT2D eigenvalue weighted by molar-refractivity contribution is 5.91. The van der Waals surface area contributed by atoms with Crippen LogP contribution in [0.2, 0.25) is 0 Å². The number of imidazole rings is 1. The van der Waals surface area contributed by atoms with Crippen molar-refractivity contribution in [2.45, 2.75) is 25.8 Å². The van der Waals surface area contributed by atoms with Gasteiger partial charge in [-0.25, -0.2) is 9.97 Å². The summed E-state index contributed by atoms with van der Waals surface area (Å²) in [6.07, 6.45) is 6.25. The summed E-state index contributed by atoms with van der Waals surface area (Å²) in [4.78, 5) is 19.3. The molecule has 3 aromatic heterocycles. The molecule has 1 aliphatic rings. The summed E-state index contributed by atoms with van der Waals surface area (Å²) in [6, 6.07) is 11.9. The Morgan fingerprint density at radius 3 is 2.81 bits per heavy atom. The molecular formula is C24H23N7. The van der Waals surface area contributed by atoms with Crippen LogP contribution in [0.5, 0.6) is 0 Å². The Morgan fingerprint density at radius 1 is 1.23 bits per heavy atom. The maximum absolute atomic E-state index is 9.33. The van der Waals surface area contributed by atoms with Gasteiger partial charge in [0.25, 0.3) is 0 Å². The average molecular weight is 409 g/mol. The Hall–Kier alpha value is -3.76. The summed E-state index contributed by atoms with van der Waals surface area (Å²) < 4.78 is 0. The van der Waals surface area contributed by atoms with E-state index in [9.17, 15) is 5.26 Å². The van der Waals surface area contributed by atoms with Gasteiger partial charge in [-0.15, -0.1) is 0 Å². The Labute approximate surface area is 180 Å². The Kier molecular flexibility index (Phi) is 4.45. The number of aromatic amines is 1. The number of nitrogens with zero attached hydrogens (tertiary/aromatic N) is 5. The Morgan fingerprint density at radius 2 is 2.06 bits per heavy atom. The third-order valence-corrected chi connectivity index (χ3v) is 5.89. The van der Waals surface area contributed by atoms with Crippen LogP contribution in [-0.2, 0) is 0 Å². The summed E-state index contributed by atoms with van der Waals surface area (Å²) in [5, 5.41) is 9.33. The molecule has 5 rings (SSSR count). The first-order valence-electron chi connectivity index (χ1n) is 10.3. The standard InChI is InChI=1S/C24H23N7/c1-15-4-3-5-20-21(15)30-23(29-20)19-13-27-12-18(16-6-8-28-17(10-16)11-25)22(19)31-9-7-24(2,26)14-31/h3-6,8,10,12-13H,7,9,14,26H2,1-2H3,(H,29,30)/t24-/m0/s1. The number of nitrogens with one attached hydrogen (secondary N) is 1. The fraction of sp³-hybridized carbons (Fsp3) is 0.250. The molecule has 0 unspecified atom stereocenters. The van der Waals surface area contributed by atoms with Crippen molar-refractivity contribution in [2.24, 2.45) is 5.73 Å². The summed E-state index contributed by atoms with van der Waals surface area (Å²) >= 11 is 0. The lowest BCUT2D eigenvalue weighted by Gasteiger charge is -2.26. The molecule has 0 amide bonds. The van der Waals surface area contributed by atoms with Crippen LogP contribution in [0.25, 0.3) is 33.5 Å². The maximum Gasteiger partial charge on any atom is 0.142 e. The fourth-order valence-electron chi connectivity index (χ4n) is 4.32. The van der Waals surface area contributed by atoms with Gasteiger partial charge < -0.3 is 15.6 Å². The lowest BCUT2D eigenvalue weighted by Crippen LogP contribution is -2.39. The van der Waals surface area contributed by atoms with Crippen LogP contribution in [0.3, 0.4) is 0 Å². The largest absolute Gasteiger partial charge is 0.368 e. The van der Waals surface area contributed by atoms with Gasteiger partial charge in [0.15, 0.2) is 0 Å². The molecule has 154 valence electrons. The molecule has 0 saturated carbocycles. The van der Waals surface area contributed by atoms with E-state index in [1.807, 2.05) is 30.6 Å².